The van der Waals surface area contributed by atoms with Crippen LogP contribution >= 0.6 is 22.7 Å². The number of thiazole rings is 1. The van der Waals surface area contributed by atoms with Crippen molar-refractivity contribution >= 4 is 52.3 Å². The lowest BCUT2D eigenvalue weighted by Gasteiger charge is -2.35. The van der Waals surface area contributed by atoms with Crippen molar-refractivity contribution in [2.45, 2.75) is 65.3 Å². The summed E-state index contributed by atoms with van der Waals surface area (Å²) in [4.78, 5) is 47.2. The van der Waals surface area contributed by atoms with Gasteiger partial charge in [0.15, 0.2) is 0 Å². The molecule has 0 spiro atoms. The number of aromatic nitrogens is 1. The van der Waals surface area contributed by atoms with Crippen molar-refractivity contribution < 1.29 is 29.5 Å². The smallest absolute Gasteiger partial charge is 0.423 e. The Morgan fingerprint density at radius 3 is 2.34 bits per heavy atom. The van der Waals surface area contributed by atoms with Gasteiger partial charge in [0.2, 0.25) is 11.8 Å². The summed E-state index contributed by atoms with van der Waals surface area (Å²) >= 11 is 2.48. The zero-order valence-corrected chi connectivity index (χ0v) is 25.3. The van der Waals surface area contributed by atoms with Gasteiger partial charge in [0.1, 0.15) is 12.1 Å². The minimum absolute atomic E-state index is 0.0312. The molecule has 10 nitrogen and oxygen atoms in total. The van der Waals surface area contributed by atoms with E-state index < -0.39 is 42.5 Å². The van der Waals surface area contributed by atoms with Crippen LogP contribution in [-0.2, 0) is 9.59 Å². The number of aryl methyl sites for hydroxylation is 1. The number of nitrogens with one attached hydrogen (secondary N) is 2. The summed E-state index contributed by atoms with van der Waals surface area (Å²) in [5, 5.41) is 34.9. The van der Waals surface area contributed by atoms with Crippen molar-refractivity contribution in [1.29, 1.82) is 0 Å². The first-order valence-electron chi connectivity index (χ1n) is 13.3. The third-order valence-corrected chi connectivity index (χ3v) is 9.24. The Morgan fingerprint density at radius 1 is 1.10 bits per heavy atom. The molecule has 41 heavy (non-hydrogen) atoms. The highest BCUT2D eigenvalue weighted by molar-refractivity contribution is 7.23. The largest absolute Gasteiger partial charge is 0.499 e. The summed E-state index contributed by atoms with van der Waals surface area (Å²) < 4.78 is 0.204. The molecule has 4 rings (SSSR count). The van der Waals surface area contributed by atoms with Crippen molar-refractivity contribution in [3.05, 3.63) is 58.0 Å². The van der Waals surface area contributed by atoms with Crippen LogP contribution in [0.2, 0.25) is 0 Å². The van der Waals surface area contributed by atoms with Crippen molar-refractivity contribution in [3.8, 4) is 10.4 Å². The van der Waals surface area contributed by atoms with Crippen LogP contribution in [0.15, 0.2) is 41.9 Å². The highest BCUT2D eigenvalue weighted by Gasteiger charge is 2.44. The summed E-state index contributed by atoms with van der Waals surface area (Å²) in [6, 6.07) is 8.52. The molecule has 0 radical (unpaired) electrons. The number of carbonyl (C=O) groups is 3. The topological polar surface area (TPSA) is 152 Å². The molecule has 3 amide bonds. The number of likely N-dealkylation sites (tertiary alicyclic amines) is 1. The first-order valence-corrected chi connectivity index (χ1v) is 15.0. The maximum Gasteiger partial charge on any atom is 0.499 e. The molecule has 13 heteroatoms. The van der Waals surface area contributed by atoms with E-state index in [1.165, 1.54) is 17.0 Å². The number of thiophene rings is 1. The summed E-state index contributed by atoms with van der Waals surface area (Å²) in [5.41, 5.74) is 3.99. The third-order valence-electron chi connectivity index (χ3n) is 7.14. The second kappa shape index (κ2) is 12.4. The van der Waals surface area contributed by atoms with Crippen LogP contribution in [0.1, 0.15) is 61.1 Å². The van der Waals surface area contributed by atoms with Gasteiger partial charge in [-0.1, -0.05) is 51.1 Å². The van der Waals surface area contributed by atoms with Crippen molar-refractivity contribution in [3.63, 3.8) is 0 Å². The number of carbonyl (C=O) groups excluding carboxylic acids is 3. The van der Waals surface area contributed by atoms with Gasteiger partial charge >= 0.3 is 7.12 Å². The number of β-amino-alcohol motifs (C(OH)–C–C–N with tert-alkyl or cyclic N) is 1. The van der Waals surface area contributed by atoms with E-state index in [0.29, 0.717) is 0 Å². The second-order valence-electron chi connectivity index (χ2n) is 11.4. The molecule has 4 atom stereocenters. The van der Waals surface area contributed by atoms with E-state index in [1.807, 2.05) is 38.1 Å². The van der Waals surface area contributed by atoms with E-state index >= 15 is 0 Å². The summed E-state index contributed by atoms with van der Waals surface area (Å²) in [6.07, 6.45) is -0.796. The Hall–Kier alpha value is -3.10. The van der Waals surface area contributed by atoms with E-state index in [0.717, 1.165) is 33.0 Å². The van der Waals surface area contributed by atoms with E-state index in [-0.39, 0.29) is 34.6 Å². The van der Waals surface area contributed by atoms with E-state index in [4.69, 9.17) is 0 Å². The van der Waals surface area contributed by atoms with Gasteiger partial charge in [0.05, 0.1) is 33.1 Å². The predicted molar refractivity (Wildman–Crippen MR) is 160 cm³/mol. The predicted octanol–water partition coefficient (Wildman–Crippen LogP) is 1.84. The van der Waals surface area contributed by atoms with Gasteiger partial charge in [0.25, 0.3) is 5.91 Å². The van der Waals surface area contributed by atoms with Crippen LogP contribution in [0.3, 0.4) is 0 Å². The molecule has 218 valence electrons. The quantitative estimate of drug-likeness (QED) is 0.248. The lowest BCUT2D eigenvalue weighted by atomic mass is 9.85. The van der Waals surface area contributed by atoms with Gasteiger partial charge < -0.3 is 30.7 Å². The average Bonchev–Trinajstić information content (AvgIpc) is 3.66. The van der Waals surface area contributed by atoms with Gasteiger partial charge in [0, 0.05) is 17.7 Å². The normalized spacial score (nSPS) is 18.6. The molecule has 0 aliphatic carbocycles. The zero-order valence-electron chi connectivity index (χ0n) is 23.6. The summed E-state index contributed by atoms with van der Waals surface area (Å²) in [6.45, 7) is 9.19. The van der Waals surface area contributed by atoms with Crippen LogP contribution in [0, 0.1) is 12.3 Å². The molecule has 1 aromatic carbocycles. The van der Waals surface area contributed by atoms with Gasteiger partial charge in [-0.05, 0) is 36.5 Å². The maximum absolute atomic E-state index is 13.8. The average molecular weight is 599 g/mol. The van der Waals surface area contributed by atoms with E-state index in [2.05, 4.69) is 15.6 Å². The minimum atomic E-state index is -1.70. The molecule has 1 aliphatic rings. The standard InChI is InChI=1S/C28H35BN4O6S2/c1-15(17-6-8-18(9-7-17)23-16(2)30-14-40-23)31-25(35)20-12-19(34)13-33(20)27(37)24(28(3,4)5)32-26(36)21-10-11-22(41-21)29(38)39/h6-11,14-15,19-20,24,34,38-39H,12-13H2,1-5H3,(H,31,35)(H,32,36)/t15?,19-,20+,24?/m1/s1. The highest BCUT2D eigenvalue weighted by atomic mass is 32.1. The van der Waals surface area contributed by atoms with Gasteiger partial charge in [-0.25, -0.2) is 4.98 Å². The monoisotopic (exact) mass is 598 g/mol. The van der Waals surface area contributed by atoms with Crippen LogP contribution in [0.5, 0.6) is 0 Å². The Kier molecular flexibility index (Phi) is 9.34. The molecule has 0 bridgehead atoms. The number of benzene rings is 1. The number of aliphatic hydroxyl groups excluding tert-OH is 1. The summed E-state index contributed by atoms with van der Waals surface area (Å²) in [7, 11) is -1.70. The molecule has 1 fully saturated rings. The van der Waals surface area contributed by atoms with Crippen molar-refractivity contribution in [2.24, 2.45) is 5.41 Å². The Morgan fingerprint density at radius 2 is 1.78 bits per heavy atom. The number of hydrogen-bond acceptors (Lipinski definition) is 9. The van der Waals surface area contributed by atoms with Crippen molar-refractivity contribution in [2.75, 3.05) is 6.54 Å². The van der Waals surface area contributed by atoms with Crippen LogP contribution in [-0.4, -0.2) is 74.6 Å². The van der Waals surface area contributed by atoms with Gasteiger partial charge in [-0.15, -0.1) is 22.7 Å². The summed E-state index contributed by atoms with van der Waals surface area (Å²) in [5.74, 6) is -1.40. The fourth-order valence-electron chi connectivity index (χ4n) is 4.83. The van der Waals surface area contributed by atoms with Crippen LogP contribution < -0.4 is 15.4 Å². The van der Waals surface area contributed by atoms with Gasteiger partial charge in [-0.2, -0.15) is 0 Å². The number of amides is 3. The molecule has 3 heterocycles. The first-order chi connectivity index (χ1) is 19.3. The Labute approximate surface area is 247 Å². The maximum atomic E-state index is 13.8. The molecule has 3 aromatic rings. The molecule has 5 N–H and O–H groups in total. The first kappa shape index (κ1) is 30.9. The third kappa shape index (κ3) is 7.04. The lowest BCUT2D eigenvalue weighted by Crippen LogP contribution is -2.57. The lowest BCUT2D eigenvalue weighted by molar-refractivity contribution is -0.142. The molecule has 1 aliphatic heterocycles. The van der Waals surface area contributed by atoms with Crippen LogP contribution in [0.4, 0.5) is 0 Å². The Bertz CT molecular complexity index is 1400. The number of rotatable bonds is 8. The van der Waals surface area contributed by atoms with Gasteiger partial charge in [-0.3, -0.25) is 14.4 Å². The number of nitrogens with zero attached hydrogens (tertiary/aromatic N) is 2. The molecule has 1 saturated heterocycles. The SMILES string of the molecule is Cc1ncsc1-c1ccc(C(C)NC(=O)[C@@H]2C[C@@H](O)CN2C(=O)C(NC(=O)c2ccc(B(O)O)s2)C(C)(C)C)cc1. The molecule has 2 aromatic heterocycles. The fourth-order valence-corrected chi connectivity index (χ4v) is 6.43. The Balaban J connectivity index is 1.47. The molecule has 2 unspecified atom stereocenters. The minimum Gasteiger partial charge on any atom is -0.423 e. The van der Waals surface area contributed by atoms with E-state index in [1.54, 1.807) is 37.6 Å². The molecular weight excluding hydrogens is 563 g/mol. The molecule has 0 saturated carbocycles. The number of hydrogen-bond donors (Lipinski definition) is 5. The van der Waals surface area contributed by atoms with Crippen molar-refractivity contribution in [1.82, 2.24) is 20.5 Å². The van der Waals surface area contributed by atoms with Crippen LogP contribution in [0.25, 0.3) is 10.4 Å². The van der Waals surface area contributed by atoms with E-state index in [9.17, 15) is 29.5 Å². The zero-order chi connectivity index (χ0) is 30.1. The number of aliphatic hydroxyl groups is 1. The highest BCUT2D eigenvalue weighted by Crippen LogP contribution is 2.29. The molecular formula is C28H35BN4O6S2. The second-order valence-corrected chi connectivity index (χ2v) is 13.3. The fraction of sp³-hybridized carbons (Fsp3) is 0.429.